The molecule has 29 heavy (non-hydrogen) atoms. The predicted molar refractivity (Wildman–Crippen MR) is 102 cm³/mol. The second kappa shape index (κ2) is 8.32. The van der Waals surface area contributed by atoms with Crippen molar-refractivity contribution in [3.05, 3.63) is 42.5 Å². The van der Waals surface area contributed by atoms with Crippen LogP contribution in [0.25, 0.3) is 22.1 Å². The van der Waals surface area contributed by atoms with E-state index in [1.165, 1.54) is 31.4 Å². The zero-order chi connectivity index (χ0) is 20.3. The largest absolute Gasteiger partial charge is 0.573 e. The summed E-state index contributed by atoms with van der Waals surface area (Å²) in [5.74, 6) is 0.171. The summed E-state index contributed by atoms with van der Waals surface area (Å²) >= 11 is 0. The van der Waals surface area contributed by atoms with E-state index in [0.717, 1.165) is 36.1 Å². The van der Waals surface area contributed by atoms with E-state index >= 15 is 0 Å². The van der Waals surface area contributed by atoms with Gasteiger partial charge in [-0.3, -0.25) is 4.90 Å². The lowest BCUT2D eigenvalue weighted by Crippen LogP contribution is -2.33. The Morgan fingerprint density at radius 3 is 2.41 bits per heavy atom. The number of fused-ring (bicyclic) bond motifs is 1. The predicted octanol–water partition coefficient (Wildman–Crippen LogP) is 5.26. The zero-order valence-electron chi connectivity index (χ0n) is 15.7. The molecule has 0 spiro atoms. The van der Waals surface area contributed by atoms with Crippen LogP contribution in [0, 0.1) is 0 Å². The van der Waals surface area contributed by atoms with Crippen LogP contribution >= 0.6 is 0 Å². The number of halogens is 3. The molecule has 0 saturated carbocycles. The van der Waals surface area contributed by atoms with Crippen molar-refractivity contribution in [3.63, 3.8) is 0 Å². The van der Waals surface area contributed by atoms with Crippen LogP contribution in [0.15, 0.2) is 47.0 Å². The fraction of sp³-hybridized carbons (Fsp3) is 0.381. The van der Waals surface area contributed by atoms with E-state index < -0.39 is 6.36 Å². The lowest BCUT2D eigenvalue weighted by Gasteiger charge is -2.25. The Labute approximate surface area is 166 Å². The van der Waals surface area contributed by atoms with Crippen LogP contribution in [0.1, 0.15) is 19.3 Å². The molecule has 0 N–H and O–H groups in total. The van der Waals surface area contributed by atoms with Gasteiger partial charge in [0.2, 0.25) is 0 Å². The molecule has 4 rings (SSSR count). The third-order valence-electron chi connectivity index (χ3n) is 4.95. The molecular weight excluding hydrogens is 385 g/mol. The van der Waals surface area contributed by atoms with Crippen molar-refractivity contribution >= 4 is 11.0 Å². The topological polar surface area (TPSA) is 47.7 Å². The third-order valence-corrected chi connectivity index (χ3v) is 4.95. The molecule has 0 atom stereocenters. The number of hydrogen-bond acceptors (Lipinski definition) is 5. The first-order valence-electron chi connectivity index (χ1n) is 9.59. The van der Waals surface area contributed by atoms with Crippen LogP contribution in [0.2, 0.25) is 0 Å². The van der Waals surface area contributed by atoms with E-state index in [9.17, 15) is 13.2 Å². The summed E-state index contributed by atoms with van der Waals surface area (Å²) in [6.45, 7) is 3.56. The molecular formula is C21H21F3N2O3. The normalized spacial score (nSPS) is 15.6. The van der Waals surface area contributed by atoms with Crippen LogP contribution < -0.4 is 9.47 Å². The number of aromatic nitrogens is 1. The molecule has 1 saturated heterocycles. The average molecular weight is 406 g/mol. The molecule has 0 amide bonds. The summed E-state index contributed by atoms with van der Waals surface area (Å²) in [6.07, 6.45) is -0.965. The minimum absolute atomic E-state index is 0.256. The minimum Gasteiger partial charge on any atom is -0.474 e. The van der Waals surface area contributed by atoms with Crippen molar-refractivity contribution < 1.29 is 27.2 Å². The van der Waals surface area contributed by atoms with Crippen LogP contribution in [0.4, 0.5) is 13.2 Å². The second-order valence-electron chi connectivity index (χ2n) is 7.02. The van der Waals surface area contributed by atoms with Crippen molar-refractivity contribution in [1.29, 1.82) is 0 Å². The number of benzene rings is 2. The van der Waals surface area contributed by atoms with E-state index in [2.05, 4.69) is 14.8 Å². The number of likely N-dealkylation sites (tertiary alicyclic amines) is 1. The maximum Gasteiger partial charge on any atom is 0.573 e. The Bertz CT molecular complexity index is 948. The lowest BCUT2D eigenvalue weighted by atomic mass is 10.0. The van der Waals surface area contributed by atoms with Gasteiger partial charge in [0.1, 0.15) is 12.4 Å². The van der Waals surface area contributed by atoms with Crippen LogP contribution in [-0.2, 0) is 0 Å². The monoisotopic (exact) mass is 406 g/mol. The van der Waals surface area contributed by atoms with Crippen LogP contribution in [-0.4, -0.2) is 42.7 Å². The highest BCUT2D eigenvalue weighted by Crippen LogP contribution is 2.32. The number of nitrogens with zero attached hydrogens (tertiary/aromatic N) is 2. The van der Waals surface area contributed by atoms with Gasteiger partial charge >= 0.3 is 6.36 Å². The van der Waals surface area contributed by atoms with Gasteiger partial charge in [-0.1, -0.05) is 24.6 Å². The fourth-order valence-electron chi connectivity index (χ4n) is 3.50. The van der Waals surface area contributed by atoms with Gasteiger partial charge in [0.25, 0.3) is 5.88 Å². The Morgan fingerprint density at radius 1 is 0.966 bits per heavy atom. The van der Waals surface area contributed by atoms with Gasteiger partial charge in [0.15, 0.2) is 5.58 Å². The molecule has 2 aromatic carbocycles. The zero-order valence-corrected chi connectivity index (χ0v) is 15.7. The first-order valence-corrected chi connectivity index (χ1v) is 9.59. The van der Waals surface area contributed by atoms with Gasteiger partial charge in [0.05, 0.1) is 5.39 Å². The highest BCUT2D eigenvalue weighted by Gasteiger charge is 2.31. The quantitative estimate of drug-likeness (QED) is 0.559. The SMILES string of the molecule is FC(F)(F)Oc1ccc(-c2ccc3onc(OCCN4CCCCC4)c3c2)cc1. The van der Waals surface area contributed by atoms with E-state index in [1.54, 1.807) is 18.2 Å². The number of piperidine rings is 1. The van der Waals surface area contributed by atoms with Gasteiger partial charge in [0, 0.05) is 6.54 Å². The first-order chi connectivity index (χ1) is 14.0. The second-order valence-corrected chi connectivity index (χ2v) is 7.02. The molecule has 1 aliphatic rings. The summed E-state index contributed by atoms with van der Waals surface area (Å²) in [5, 5.41) is 4.74. The molecule has 1 fully saturated rings. The Hall–Kier alpha value is -2.74. The molecule has 154 valence electrons. The molecule has 0 unspecified atom stereocenters. The number of ether oxygens (including phenoxy) is 2. The maximum absolute atomic E-state index is 12.3. The number of rotatable bonds is 6. The van der Waals surface area contributed by atoms with E-state index in [0.29, 0.717) is 18.1 Å². The Balaban J connectivity index is 1.46. The summed E-state index contributed by atoms with van der Waals surface area (Å²) in [7, 11) is 0. The fourth-order valence-corrected chi connectivity index (χ4v) is 3.50. The average Bonchev–Trinajstić information content (AvgIpc) is 3.10. The molecule has 0 aliphatic carbocycles. The van der Waals surface area contributed by atoms with Gasteiger partial charge < -0.3 is 14.0 Å². The van der Waals surface area contributed by atoms with Gasteiger partial charge in [-0.05, 0) is 66.5 Å². The smallest absolute Gasteiger partial charge is 0.474 e. The summed E-state index contributed by atoms with van der Waals surface area (Å²) < 4.78 is 52.0. The maximum atomic E-state index is 12.3. The van der Waals surface area contributed by atoms with Gasteiger partial charge in [-0.15, -0.1) is 13.2 Å². The molecule has 1 aliphatic heterocycles. The summed E-state index contributed by atoms with van der Waals surface area (Å²) in [4.78, 5) is 2.38. The van der Waals surface area contributed by atoms with E-state index in [1.807, 2.05) is 12.1 Å². The van der Waals surface area contributed by atoms with Crippen molar-refractivity contribution in [2.75, 3.05) is 26.2 Å². The van der Waals surface area contributed by atoms with E-state index in [4.69, 9.17) is 9.26 Å². The molecule has 3 aromatic rings. The van der Waals surface area contributed by atoms with Gasteiger partial charge in [-0.2, -0.15) is 0 Å². The van der Waals surface area contributed by atoms with Crippen molar-refractivity contribution in [2.24, 2.45) is 0 Å². The van der Waals surface area contributed by atoms with Crippen LogP contribution in [0.5, 0.6) is 11.6 Å². The molecule has 1 aromatic heterocycles. The highest BCUT2D eigenvalue weighted by atomic mass is 19.4. The summed E-state index contributed by atoms with van der Waals surface area (Å²) in [5.41, 5.74) is 2.17. The standard InChI is InChI=1S/C21H21F3N2O3/c22-21(23,24)28-17-7-4-15(5-8-17)16-6-9-19-18(14-16)20(25-29-19)27-13-12-26-10-2-1-3-11-26/h4-9,14H,1-3,10-13H2. The molecule has 5 nitrogen and oxygen atoms in total. The number of alkyl halides is 3. The summed E-state index contributed by atoms with van der Waals surface area (Å²) in [6, 6.07) is 11.2. The minimum atomic E-state index is -4.71. The van der Waals surface area contributed by atoms with Gasteiger partial charge in [-0.25, -0.2) is 0 Å². The van der Waals surface area contributed by atoms with E-state index in [-0.39, 0.29) is 5.75 Å². The first kappa shape index (κ1) is 19.6. The Morgan fingerprint density at radius 2 is 1.69 bits per heavy atom. The van der Waals surface area contributed by atoms with Crippen molar-refractivity contribution in [1.82, 2.24) is 10.1 Å². The van der Waals surface area contributed by atoms with Crippen molar-refractivity contribution in [3.8, 4) is 22.8 Å². The number of hydrogen-bond donors (Lipinski definition) is 0. The highest BCUT2D eigenvalue weighted by molar-refractivity contribution is 5.87. The molecule has 8 heteroatoms. The Kier molecular flexibility index (Phi) is 5.62. The third kappa shape index (κ3) is 5.00. The molecule has 0 radical (unpaired) electrons. The van der Waals surface area contributed by atoms with Crippen LogP contribution in [0.3, 0.4) is 0 Å². The molecule has 2 heterocycles. The lowest BCUT2D eigenvalue weighted by molar-refractivity contribution is -0.274. The van der Waals surface area contributed by atoms with Crippen molar-refractivity contribution in [2.45, 2.75) is 25.6 Å². The molecule has 0 bridgehead atoms.